The lowest BCUT2D eigenvalue weighted by Crippen LogP contribution is -2.44. The zero-order valence-corrected chi connectivity index (χ0v) is 12.5. The molecule has 0 aromatic carbocycles. The van der Waals surface area contributed by atoms with Gasteiger partial charge < -0.3 is 5.11 Å². The van der Waals surface area contributed by atoms with E-state index in [1.165, 1.54) is 11.3 Å². The number of nitrogens with zero attached hydrogens (tertiary/aromatic N) is 1. The van der Waals surface area contributed by atoms with Crippen molar-refractivity contribution in [1.29, 1.82) is 0 Å². The first-order valence-electron chi connectivity index (χ1n) is 6.10. The van der Waals surface area contributed by atoms with Crippen LogP contribution in [0.25, 0.3) is 0 Å². The number of aliphatic hydroxyl groups is 1. The molecule has 2 rings (SSSR count). The normalized spacial score (nSPS) is 20.4. The van der Waals surface area contributed by atoms with Crippen molar-refractivity contribution in [1.82, 2.24) is 10.4 Å². The van der Waals surface area contributed by atoms with E-state index in [-0.39, 0.29) is 18.4 Å². The van der Waals surface area contributed by atoms with Gasteiger partial charge in [0.05, 0.1) is 15.3 Å². The first-order chi connectivity index (χ1) is 8.70. The van der Waals surface area contributed by atoms with E-state index in [2.05, 4.69) is 26.4 Å². The summed E-state index contributed by atoms with van der Waals surface area (Å²) < 4.78 is 0.985. The third-order valence-electron chi connectivity index (χ3n) is 3.10. The quantitative estimate of drug-likeness (QED) is 0.783. The largest absolute Gasteiger partial charge is 0.395 e. The predicted molar refractivity (Wildman–Crippen MR) is 75.8 cm³/mol. The van der Waals surface area contributed by atoms with Gasteiger partial charge in [0.1, 0.15) is 0 Å². The molecule has 1 aliphatic rings. The highest BCUT2D eigenvalue weighted by Crippen LogP contribution is 2.23. The molecule has 2 heterocycles. The number of hydrogen-bond acceptors (Lipinski definition) is 5. The summed E-state index contributed by atoms with van der Waals surface area (Å²) in [6.45, 7) is 1.76. The first-order valence-corrected chi connectivity index (χ1v) is 7.71. The van der Waals surface area contributed by atoms with Crippen molar-refractivity contribution in [3.05, 3.63) is 20.8 Å². The number of rotatable bonds is 6. The fraction of sp³-hybridized carbons (Fsp3) is 0.583. The van der Waals surface area contributed by atoms with Crippen LogP contribution in [0.2, 0.25) is 0 Å². The van der Waals surface area contributed by atoms with Gasteiger partial charge in [-0.2, -0.15) is 0 Å². The average Bonchev–Trinajstić information content (AvgIpc) is 2.97. The molecule has 0 saturated carbocycles. The molecule has 1 aromatic rings. The molecule has 1 fully saturated rings. The number of nitrogens with one attached hydrogen (secondary N) is 1. The van der Waals surface area contributed by atoms with Crippen LogP contribution in [-0.4, -0.2) is 41.6 Å². The Morgan fingerprint density at radius 2 is 2.44 bits per heavy atom. The van der Waals surface area contributed by atoms with Gasteiger partial charge in [-0.1, -0.05) is 0 Å². The number of Topliss-reactive ketones (excluding diaryl/α,β-unsaturated/α-hetero) is 1. The van der Waals surface area contributed by atoms with Gasteiger partial charge in [0.25, 0.3) is 0 Å². The second-order valence-electron chi connectivity index (χ2n) is 4.36. The highest BCUT2D eigenvalue weighted by atomic mass is 79.9. The highest BCUT2D eigenvalue weighted by Gasteiger charge is 2.23. The molecule has 2 N–H and O–H groups in total. The molecule has 1 unspecified atom stereocenters. The van der Waals surface area contributed by atoms with Crippen molar-refractivity contribution >= 4 is 33.0 Å². The number of hydrogen-bond donors (Lipinski definition) is 2. The van der Waals surface area contributed by atoms with E-state index in [0.717, 1.165) is 28.0 Å². The molecule has 100 valence electrons. The van der Waals surface area contributed by atoms with Gasteiger partial charge in [-0.15, -0.1) is 11.3 Å². The maximum atomic E-state index is 11.9. The van der Waals surface area contributed by atoms with E-state index >= 15 is 0 Å². The summed E-state index contributed by atoms with van der Waals surface area (Å²) in [5, 5.41) is 11.2. The molecule has 0 spiro atoms. The van der Waals surface area contributed by atoms with Crippen molar-refractivity contribution in [3.63, 3.8) is 0 Å². The van der Waals surface area contributed by atoms with Gasteiger partial charge in [-0.05, 0) is 40.9 Å². The summed E-state index contributed by atoms with van der Waals surface area (Å²) in [5.41, 5.74) is 3.24. The second-order valence-corrected chi connectivity index (χ2v) is 6.82. The van der Waals surface area contributed by atoms with Crippen LogP contribution in [0.1, 0.15) is 28.9 Å². The molecule has 0 bridgehead atoms. The summed E-state index contributed by atoms with van der Waals surface area (Å²) in [7, 11) is 0. The van der Waals surface area contributed by atoms with Crippen LogP contribution < -0.4 is 5.43 Å². The van der Waals surface area contributed by atoms with Crippen LogP contribution in [0.4, 0.5) is 0 Å². The summed E-state index contributed by atoms with van der Waals surface area (Å²) in [5.74, 6) is 0.165. The topological polar surface area (TPSA) is 52.6 Å². The minimum absolute atomic E-state index is 0.165. The lowest BCUT2D eigenvalue weighted by Gasteiger charge is -2.23. The number of hydrazine groups is 1. The number of carbonyl (C=O) groups is 1. The number of ketones is 1. The molecule has 1 saturated heterocycles. The lowest BCUT2D eigenvalue weighted by molar-refractivity contribution is 0.0932. The van der Waals surface area contributed by atoms with Gasteiger partial charge in [-0.25, -0.2) is 5.01 Å². The predicted octanol–water partition coefficient (Wildman–Crippen LogP) is 2.04. The van der Waals surface area contributed by atoms with E-state index in [0.29, 0.717) is 13.0 Å². The van der Waals surface area contributed by atoms with Crippen LogP contribution in [0.15, 0.2) is 15.9 Å². The SMILES string of the molecule is O=C(CCNN1CCCC1CO)c1ccc(Br)s1. The Balaban J connectivity index is 1.73. The van der Waals surface area contributed by atoms with Crippen molar-refractivity contribution in [2.75, 3.05) is 19.7 Å². The number of thiophene rings is 1. The minimum Gasteiger partial charge on any atom is -0.395 e. The van der Waals surface area contributed by atoms with Crippen molar-refractivity contribution in [2.45, 2.75) is 25.3 Å². The monoisotopic (exact) mass is 332 g/mol. The Kier molecular flexibility index (Phi) is 5.32. The fourth-order valence-corrected chi connectivity index (χ4v) is 3.49. The van der Waals surface area contributed by atoms with Crippen LogP contribution in [0, 0.1) is 0 Å². The van der Waals surface area contributed by atoms with E-state index < -0.39 is 0 Å². The summed E-state index contributed by atoms with van der Waals surface area (Å²) in [6, 6.07) is 3.95. The van der Waals surface area contributed by atoms with Gasteiger partial charge in [0.2, 0.25) is 0 Å². The molecule has 1 aliphatic heterocycles. The van der Waals surface area contributed by atoms with Crippen LogP contribution in [0.5, 0.6) is 0 Å². The summed E-state index contributed by atoms with van der Waals surface area (Å²) in [6.07, 6.45) is 2.61. The third kappa shape index (κ3) is 3.61. The number of carbonyl (C=O) groups excluding carboxylic acids is 1. The average molecular weight is 333 g/mol. The first kappa shape index (κ1) is 14.1. The van der Waals surface area contributed by atoms with Gasteiger partial charge in [0, 0.05) is 25.6 Å². The molecule has 6 heteroatoms. The second kappa shape index (κ2) is 6.77. The van der Waals surface area contributed by atoms with Gasteiger partial charge >= 0.3 is 0 Å². The molecule has 1 atom stereocenters. The van der Waals surface area contributed by atoms with Crippen LogP contribution >= 0.6 is 27.3 Å². The van der Waals surface area contributed by atoms with Gasteiger partial charge in [-0.3, -0.25) is 10.2 Å². The van der Waals surface area contributed by atoms with E-state index in [1.54, 1.807) is 0 Å². The summed E-state index contributed by atoms with van der Waals surface area (Å²) in [4.78, 5) is 12.7. The molecule has 1 aromatic heterocycles. The maximum absolute atomic E-state index is 11.9. The van der Waals surface area contributed by atoms with Crippen molar-refractivity contribution < 1.29 is 9.90 Å². The standard InChI is InChI=1S/C12H17BrN2O2S/c13-12-4-3-11(18-12)10(17)5-6-14-15-7-1-2-9(15)8-16/h3-4,9,14,16H,1-2,5-8H2. The lowest BCUT2D eigenvalue weighted by atomic mass is 10.2. The van der Waals surface area contributed by atoms with E-state index in [1.807, 2.05) is 12.1 Å². The Morgan fingerprint density at radius 3 is 3.11 bits per heavy atom. The molecule has 4 nitrogen and oxygen atoms in total. The third-order valence-corrected chi connectivity index (χ3v) is 4.77. The number of halogens is 1. The minimum atomic E-state index is 0.165. The molecule has 0 amide bonds. The van der Waals surface area contributed by atoms with Crippen LogP contribution in [-0.2, 0) is 0 Å². The Hall–Kier alpha value is -0.270. The highest BCUT2D eigenvalue weighted by molar-refractivity contribution is 9.11. The summed E-state index contributed by atoms with van der Waals surface area (Å²) >= 11 is 4.82. The maximum Gasteiger partial charge on any atom is 0.174 e. The van der Waals surface area contributed by atoms with E-state index in [9.17, 15) is 9.90 Å². The van der Waals surface area contributed by atoms with Crippen molar-refractivity contribution in [3.8, 4) is 0 Å². The van der Waals surface area contributed by atoms with E-state index in [4.69, 9.17) is 0 Å². The molecule has 0 radical (unpaired) electrons. The molecular weight excluding hydrogens is 316 g/mol. The molecule has 18 heavy (non-hydrogen) atoms. The Morgan fingerprint density at radius 1 is 1.61 bits per heavy atom. The fourth-order valence-electron chi connectivity index (χ4n) is 2.13. The molecular formula is C12H17BrN2O2S. The zero-order chi connectivity index (χ0) is 13.0. The van der Waals surface area contributed by atoms with Gasteiger partial charge in [0.15, 0.2) is 5.78 Å². The zero-order valence-electron chi connectivity index (χ0n) is 10.1. The smallest absolute Gasteiger partial charge is 0.174 e. The van der Waals surface area contributed by atoms with Crippen LogP contribution in [0.3, 0.4) is 0 Å². The Bertz CT molecular complexity index is 411. The molecule has 0 aliphatic carbocycles. The van der Waals surface area contributed by atoms with Crippen molar-refractivity contribution in [2.24, 2.45) is 0 Å². The number of aliphatic hydroxyl groups excluding tert-OH is 1. The Labute approximate surface area is 119 Å².